The first-order valence-corrected chi connectivity index (χ1v) is 9.01. The third-order valence-electron chi connectivity index (χ3n) is 4.24. The number of hydrogen-bond donors (Lipinski definition) is 1. The van der Waals surface area contributed by atoms with E-state index in [1.165, 1.54) is 17.3 Å². The minimum absolute atomic E-state index is 0.0449. The van der Waals surface area contributed by atoms with Gasteiger partial charge in [-0.2, -0.15) is 4.31 Å². The first-order valence-electron chi connectivity index (χ1n) is 7.57. The standard InChI is InChI=1S/C15H19N3O4S/c1-11(19)18-8-4-12-10-13(2-3-14(12)18)23(21,22)17-7-5-15(20)16-6-9-17/h2-3,10H,4-9H2,1H3,(H,16,20). The summed E-state index contributed by atoms with van der Waals surface area (Å²) in [5.74, 6) is -0.176. The van der Waals surface area contributed by atoms with E-state index in [4.69, 9.17) is 0 Å². The molecule has 1 aromatic carbocycles. The fourth-order valence-corrected chi connectivity index (χ4v) is 4.49. The van der Waals surface area contributed by atoms with Crippen molar-refractivity contribution in [2.24, 2.45) is 0 Å². The highest BCUT2D eigenvalue weighted by atomic mass is 32.2. The molecule has 0 bridgehead atoms. The molecule has 23 heavy (non-hydrogen) atoms. The summed E-state index contributed by atoms with van der Waals surface area (Å²) in [5, 5.41) is 2.67. The number of nitrogens with one attached hydrogen (secondary N) is 1. The largest absolute Gasteiger partial charge is 0.355 e. The van der Waals surface area contributed by atoms with Crippen molar-refractivity contribution in [2.45, 2.75) is 24.7 Å². The van der Waals surface area contributed by atoms with Gasteiger partial charge >= 0.3 is 0 Å². The van der Waals surface area contributed by atoms with Crippen LogP contribution in [0.15, 0.2) is 23.1 Å². The molecule has 1 aromatic rings. The molecule has 0 atom stereocenters. The van der Waals surface area contributed by atoms with E-state index in [9.17, 15) is 18.0 Å². The Kier molecular flexibility index (Phi) is 4.11. The van der Waals surface area contributed by atoms with Crippen LogP contribution in [-0.4, -0.2) is 50.7 Å². The van der Waals surface area contributed by atoms with Gasteiger partial charge in [-0.1, -0.05) is 0 Å². The van der Waals surface area contributed by atoms with E-state index in [1.807, 2.05) is 0 Å². The van der Waals surface area contributed by atoms with Crippen LogP contribution in [0.2, 0.25) is 0 Å². The molecule has 2 aliphatic rings. The Labute approximate surface area is 135 Å². The van der Waals surface area contributed by atoms with Crippen molar-refractivity contribution in [1.82, 2.24) is 9.62 Å². The number of amides is 2. The Morgan fingerprint density at radius 3 is 2.70 bits per heavy atom. The first-order chi connectivity index (χ1) is 10.9. The predicted molar refractivity (Wildman–Crippen MR) is 84.6 cm³/mol. The number of rotatable bonds is 2. The number of hydrogen-bond acceptors (Lipinski definition) is 4. The Balaban J connectivity index is 1.89. The maximum absolute atomic E-state index is 12.8. The topological polar surface area (TPSA) is 86.8 Å². The van der Waals surface area contributed by atoms with E-state index in [-0.39, 0.29) is 36.2 Å². The van der Waals surface area contributed by atoms with E-state index >= 15 is 0 Å². The number of anilines is 1. The lowest BCUT2D eigenvalue weighted by Crippen LogP contribution is -2.34. The summed E-state index contributed by atoms with van der Waals surface area (Å²) in [6.07, 6.45) is 0.820. The molecule has 8 heteroatoms. The van der Waals surface area contributed by atoms with Crippen LogP contribution in [0.1, 0.15) is 18.9 Å². The van der Waals surface area contributed by atoms with Crippen molar-refractivity contribution in [2.75, 3.05) is 31.1 Å². The van der Waals surface area contributed by atoms with Crippen LogP contribution in [0.25, 0.3) is 0 Å². The lowest BCUT2D eigenvalue weighted by atomic mass is 10.2. The van der Waals surface area contributed by atoms with Crippen LogP contribution in [0.5, 0.6) is 0 Å². The average Bonchev–Trinajstić information content (AvgIpc) is 2.81. The molecule has 1 fully saturated rings. The van der Waals surface area contributed by atoms with Crippen molar-refractivity contribution in [1.29, 1.82) is 0 Å². The summed E-state index contributed by atoms with van der Waals surface area (Å²) in [7, 11) is -3.63. The molecule has 124 valence electrons. The highest BCUT2D eigenvalue weighted by molar-refractivity contribution is 7.89. The molecule has 2 amide bonds. The molecule has 2 aliphatic heterocycles. The Morgan fingerprint density at radius 1 is 1.17 bits per heavy atom. The second-order valence-electron chi connectivity index (χ2n) is 5.72. The van der Waals surface area contributed by atoms with Gasteiger partial charge in [0.2, 0.25) is 21.8 Å². The summed E-state index contributed by atoms with van der Waals surface area (Å²) in [4.78, 5) is 24.8. The number of nitrogens with zero attached hydrogens (tertiary/aromatic N) is 2. The lowest BCUT2D eigenvalue weighted by molar-refractivity contribution is -0.120. The normalized spacial score (nSPS) is 19.2. The first kappa shape index (κ1) is 15.9. The molecular weight excluding hydrogens is 318 g/mol. The summed E-state index contributed by atoms with van der Waals surface area (Å²) in [5.41, 5.74) is 1.65. The van der Waals surface area contributed by atoms with Gasteiger partial charge in [-0.25, -0.2) is 8.42 Å². The molecule has 0 radical (unpaired) electrons. The van der Waals surface area contributed by atoms with Crippen molar-refractivity contribution < 1.29 is 18.0 Å². The quantitative estimate of drug-likeness (QED) is 0.830. The zero-order chi connectivity index (χ0) is 16.6. The molecule has 0 unspecified atom stereocenters. The van der Waals surface area contributed by atoms with E-state index in [0.717, 1.165) is 11.3 Å². The second-order valence-corrected chi connectivity index (χ2v) is 7.65. The second kappa shape index (κ2) is 5.93. The molecule has 2 heterocycles. The van der Waals surface area contributed by atoms with Gasteiger partial charge in [0.1, 0.15) is 0 Å². The third kappa shape index (κ3) is 2.96. The van der Waals surface area contributed by atoms with Gasteiger partial charge in [-0.05, 0) is 30.2 Å². The fourth-order valence-electron chi connectivity index (χ4n) is 3.00. The van der Waals surface area contributed by atoms with Crippen LogP contribution < -0.4 is 10.2 Å². The highest BCUT2D eigenvalue weighted by Crippen LogP contribution is 2.31. The highest BCUT2D eigenvalue weighted by Gasteiger charge is 2.29. The third-order valence-corrected chi connectivity index (χ3v) is 6.13. The lowest BCUT2D eigenvalue weighted by Gasteiger charge is -2.20. The Hall–Kier alpha value is -1.93. The molecule has 3 rings (SSSR count). The van der Waals surface area contributed by atoms with Gasteiger partial charge < -0.3 is 10.2 Å². The molecular formula is C15H19N3O4S. The van der Waals surface area contributed by atoms with Crippen LogP contribution in [-0.2, 0) is 26.0 Å². The van der Waals surface area contributed by atoms with Crippen LogP contribution in [0.4, 0.5) is 5.69 Å². The number of fused-ring (bicyclic) bond motifs is 1. The zero-order valence-corrected chi connectivity index (χ0v) is 13.7. The number of sulfonamides is 1. The van der Waals surface area contributed by atoms with Crippen molar-refractivity contribution in [3.63, 3.8) is 0 Å². The fraction of sp³-hybridized carbons (Fsp3) is 0.467. The monoisotopic (exact) mass is 337 g/mol. The van der Waals surface area contributed by atoms with Crippen LogP contribution in [0, 0.1) is 0 Å². The molecule has 0 aromatic heterocycles. The number of carbonyl (C=O) groups excluding carboxylic acids is 2. The molecule has 1 saturated heterocycles. The smallest absolute Gasteiger partial charge is 0.243 e. The van der Waals surface area contributed by atoms with E-state index in [1.54, 1.807) is 17.0 Å². The van der Waals surface area contributed by atoms with Gasteiger partial charge in [0.05, 0.1) is 4.90 Å². The van der Waals surface area contributed by atoms with Gasteiger partial charge in [0, 0.05) is 45.2 Å². The molecule has 0 saturated carbocycles. The molecule has 0 spiro atoms. The summed E-state index contributed by atoms with van der Waals surface area (Å²) < 4.78 is 26.9. The van der Waals surface area contributed by atoms with Gasteiger partial charge in [-0.15, -0.1) is 0 Å². The minimum Gasteiger partial charge on any atom is -0.355 e. The maximum atomic E-state index is 12.8. The summed E-state index contributed by atoms with van der Waals surface area (Å²) >= 11 is 0. The SMILES string of the molecule is CC(=O)N1CCc2cc(S(=O)(=O)N3CCNC(=O)CC3)ccc21. The average molecular weight is 337 g/mol. The predicted octanol–water partition coefficient (Wildman–Crippen LogP) is 0.106. The zero-order valence-electron chi connectivity index (χ0n) is 12.9. The molecule has 7 nitrogen and oxygen atoms in total. The van der Waals surface area contributed by atoms with Crippen LogP contribution >= 0.6 is 0 Å². The van der Waals surface area contributed by atoms with E-state index in [0.29, 0.717) is 19.5 Å². The van der Waals surface area contributed by atoms with Crippen molar-refractivity contribution in [3.05, 3.63) is 23.8 Å². The minimum atomic E-state index is -3.63. The van der Waals surface area contributed by atoms with Crippen molar-refractivity contribution >= 4 is 27.5 Å². The maximum Gasteiger partial charge on any atom is 0.243 e. The Morgan fingerprint density at radius 2 is 1.96 bits per heavy atom. The van der Waals surface area contributed by atoms with Crippen molar-refractivity contribution in [3.8, 4) is 0 Å². The number of carbonyl (C=O) groups is 2. The number of benzene rings is 1. The Bertz CT molecular complexity index is 760. The van der Waals surface area contributed by atoms with Gasteiger partial charge in [-0.3, -0.25) is 9.59 Å². The molecule has 0 aliphatic carbocycles. The van der Waals surface area contributed by atoms with E-state index < -0.39 is 10.0 Å². The molecule has 1 N–H and O–H groups in total. The summed E-state index contributed by atoms with van der Waals surface area (Å²) in [6, 6.07) is 4.88. The van der Waals surface area contributed by atoms with E-state index in [2.05, 4.69) is 5.32 Å². The van der Waals surface area contributed by atoms with Gasteiger partial charge in [0.25, 0.3) is 0 Å². The van der Waals surface area contributed by atoms with Gasteiger partial charge in [0.15, 0.2) is 0 Å². The van der Waals surface area contributed by atoms with Crippen LogP contribution in [0.3, 0.4) is 0 Å². The summed E-state index contributed by atoms with van der Waals surface area (Å²) in [6.45, 7) is 2.86.